The van der Waals surface area contributed by atoms with E-state index in [-0.39, 0.29) is 18.3 Å². The van der Waals surface area contributed by atoms with Crippen LogP contribution in [-0.4, -0.2) is 30.8 Å². The highest BCUT2D eigenvalue weighted by molar-refractivity contribution is 7.80. The fourth-order valence-electron chi connectivity index (χ4n) is 2.91. The molecule has 1 atom stereocenters. The van der Waals surface area contributed by atoms with Gasteiger partial charge in [0.15, 0.2) is 0 Å². The van der Waals surface area contributed by atoms with E-state index in [1.165, 1.54) is 11.1 Å². The molecular formula is C18H17NO3S. The predicted octanol–water partition coefficient (Wildman–Crippen LogP) is 3.02. The second-order valence-electron chi connectivity index (χ2n) is 5.40. The number of hydrogen-bond donors (Lipinski definition) is 2. The Labute approximate surface area is 140 Å². The minimum Gasteiger partial charge on any atom is -0.449 e. The Morgan fingerprint density at radius 3 is 2.22 bits per heavy atom. The van der Waals surface area contributed by atoms with Gasteiger partial charge in [-0.05, 0) is 22.3 Å². The molecule has 0 saturated carbocycles. The zero-order valence-corrected chi connectivity index (χ0v) is 13.3. The van der Waals surface area contributed by atoms with E-state index in [0.29, 0.717) is 6.29 Å². The van der Waals surface area contributed by atoms with Crippen LogP contribution in [0.25, 0.3) is 11.1 Å². The van der Waals surface area contributed by atoms with Gasteiger partial charge in [-0.1, -0.05) is 48.5 Å². The monoisotopic (exact) mass is 327 g/mol. The van der Waals surface area contributed by atoms with E-state index in [0.717, 1.165) is 11.1 Å². The predicted molar refractivity (Wildman–Crippen MR) is 91.9 cm³/mol. The average molecular weight is 327 g/mol. The van der Waals surface area contributed by atoms with Crippen LogP contribution in [0.15, 0.2) is 48.5 Å². The van der Waals surface area contributed by atoms with Gasteiger partial charge in [0.05, 0.1) is 6.04 Å². The Morgan fingerprint density at radius 1 is 1.13 bits per heavy atom. The maximum Gasteiger partial charge on any atom is 0.407 e. The number of ether oxygens (including phenoxy) is 1. The average Bonchev–Trinajstić information content (AvgIpc) is 2.92. The molecule has 1 aliphatic carbocycles. The summed E-state index contributed by atoms with van der Waals surface area (Å²) in [6.07, 6.45) is 0.0482. The van der Waals surface area contributed by atoms with Gasteiger partial charge in [-0.25, -0.2) is 4.79 Å². The van der Waals surface area contributed by atoms with E-state index in [1.807, 2.05) is 24.3 Å². The maximum atomic E-state index is 11.8. The number of hydrogen-bond acceptors (Lipinski definition) is 4. The highest BCUT2D eigenvalue weighted by Crippen LogP contribution is 2.44. The summed E-state index contributed by atoms with van der Waals surface area (Å²) < 4.78 is 5.33. The maximum absolute atomic E-state index is 11.8. The molecule has 2 aromatic rings. The molecule has 5 heteroatoms. The molecule has 0 unspecified atom stereocenters. The molecule has 0 heterocycles. The molecule has 0 spiro atoms. The van der Waals surface area contributed by atoms with Crippen LogP contribution in [0.3, 0.4) is 0 Å². The number of carbonyl (C=O) groups excluding carboxylic acids is 2. The molecule has 0 radical (unpaired) electrons. The van der Waals surface area contributed by atoms with Gasteiger partial charge in [0.25, 0.3) is 0 Å². The van der Waals surface area contributed by atoms with Crippen LogP contribution in [0.1, 0.15) is 17.0 Å². The van der Waals surface area contributed by atoms with Crippen LogP contribution in [-0.2, 0) is 9.53 Å². The molecule has 2 aromatic carbocycles. The third-order valence-corrected chi connectivity index (χ3v) is 4.40. The molecule has 0 aliphatic heterocycles. The van der Waals surface area contributed by atoms with Crippen LogP contribution >= 0.6 is 12.6 Å². The van der Waals surface area contributed by atoms with E-state index in [2.05, 4.69) is 42.2 Å². The van der Waals surface area contributed by atoms with Crippen molar-refractivity contribution < 1.29 is 14.3 Å². The van der Waals surface area contributed by atoms with Crippen LogP contribution in [0.5, 0.6) is 0 Å². The van der Waals surface area contributed by atoms with Crippen LogP contribution < -0.4 is 5.32 Å². The van der Waals surface area contributed by atoms with E-state index in [4.69, 9.17) is 4.74 Å². The Balaban J connectivity index is 1.76. The number of fused-ring (bicyclic) bond motifs is 3. The van der Waals surface area contributed by atoms with Crippen LogP contribution in [0.2, 0.25) is 0 Å². The summed E-state index contributed by atoms with van der Waals surface area (Å²) in [6, 6.07) is 15.6. The summed E-state index contributed by atoms with van der Waals surface area (Å²) in [5.74, 6) is 0.257. The lowest BCUT2D eigenvalue weighted by Gasteiger charge is -2.15. The van der Waals surface area contributed by atoms with Gasteiger partial charge in [0.1, 0.15) is 12.9 Å². The first kappa shape index (κ1) is 15.6. The summed E-state index contributed by atoms with van der Waals surface area (Å²) in [5.41, 5.74) is 4.67. The number of benzene rings is 2. The van der Waals surface area contributed by atoms with Gasteiger partial charge < -0.3 is 14.8 Å². The van der Waals surface area contributed by atoms with Crippen LogP contribution in [0, 0.1) is 0 Å². The van der Waals surface area contributed by atoms with Gasteiger partial charge in [-0.2, -0.15) is 12.6 Å². The quantitative estimate of drug-likeness (QED) is 0.656. The Hall–Kier alpha value is -2.27. The van der Waals surface area contributed by atoms with E-state index >= 15 is 0 Å². The molecule has 118 valence electrons. The fourth-order valence-corrected chi connectivity index (χ4v) is 3.09. The summed E-state index contributed by atoms with van der Waals surface area (Å²) in [7, 11) is 0. The van der Waals surface area contributed by atoms with Crippen molar-refractivity contribution in [2.45, 2.75) is 12.0 Å². The molecule has 0 aromatic heterocycles. The summed E-state index contributed by atoms with van der Waals surface area (Å²) >= 11 is 4.00. The lowest BCUT2D eigenvalue weighted by Crippen LogP contribution is -2.38. The Kier molecular flexibility index (Phi) is 4.67. The second-order valence-corrected chi connectivity index (χ2v) is 5.76. The standard InChI is InChI=1S/C18H17NO3S/c20-9-12(11-23)19-18(21)22-10-17-15-7-3-1-5-13(15)14-6-2-4-8-16(14)17/h1-9,12,17,23H,10-11H2,(H,19,21)/t12-/m0/s1. The number of alkyl carbamates (subject to hydrolysis) is 1. The van der Waals surface area contributed by atoms with Crippen molar-refractivity contribution in [1.29, 1.82) is 0 Å². The number of thiol groups is 1. The topological polar surface area (TPSA) is 55.4 Å². The van der Waals surface area contributed by atoms with Crippen molar-refractivity contribution in [2.75, 3.05) is 12.4 Å². The van der Waals surface area contributed by atoms with Crippen molar-refractivity contribution in [1.82, 2.24) is 5.32 Å². The van der Waals surface area contributed by atoms with Gasteiger partial charge in [-0.15, -0.1) is 0 Å². The van der Waals surface area contributed by atoms with E-state index in [9.17, 15) is 9.59 Å². The van der Waals surface area contributed by atoms with E-state index in [1.54, 1.807) is 0 Å². The molecule has 0 bridgehead atoms. The largest absolute Gasteiger partial charge is 0.449 e. The van der Waals surface area contributed by atoms with Gasteiger partial charge in [0, 0.05) is 11.7 Å². The number of aldehydes is 1. The van der Waals surface area contributed by atoms with Crippen molar-refractivity contribution in [2.24, 2.45) is 0 Å². The molecule has 3 rings (SSSR count). The highest BCUT2D eigenvalue weighted by atomic mass is 32.1. The fraction of sp³-hybridized carbons (Fsp3) is 0.222. The molecule has 23 heavy (non-hydrogen) atoms. The first-order valence-corrected chi connectivity index (χ1v) is 8.05. The molecule has 1 amide bonds. The Bertz CT molecular complexity index is 686. The lowest BCUT2D eigenvalue weighted by molar-refractivity contribution is -0.109. The first-order chi connectivity index (χ1) is 11.2. The molecule has 0 fully saturated rings. The van der Waals surface area contributed by atoms with Crippen molar-refractivity contribution in [3.8, 4) is 11.1 Å². The number of carbonyl (C=O) groups is 2. The van der Waals surface area contributed by atoms with Crippen LogP contribution in [0.4, 0.5) is 4.79 Å². The third kappa shape index (κ3) is 3.10. The zero-order chi connectivity index (χ0) is 16.2. The van der Waals surface area contributed by atoms with E-state index < -0.39 is 12.1 Å². The third-order valence-electron chi connectivity index (χ3n) is 4.01. The van der Waals surface area contributed by atoms with Gasteiger partial charge in [0.2, 0.25) is 0 Å². The first-order valence-electron chi connectivity index (χ1n) is 7.42. The SMILES string of the molecule is O=C[C@@H](CS)NC(=O)OCC1c2ccccc2-c2ccccc21. The molecular weight excluding hydrogens is 310 g/mol. The summed E-state index contributed by atoms with van der Waals surface area (Å²) in [6.45, 7) is 0.234. The van der Waals surface area contributed by atoms with Crippen molar-refractivity contribution in [3.63, 3.8) is 0 Å². The van der Waals surface area contributed by atoms with Crippen molar-refractivity contribution >= 4 is 25.0 Å². The molecule has 1 N–H and O–H groups in total. The van der Waals surface area contributed by atoms with Gasteiger partial charge in [-0.3, -0.25) is 0 Å². The molecule has 1 aliphatic rings. The highest BCUT2D eigenvalue weighted by Gasteiger charge is 2.29. The zero-order valence-electron chi connectivity index (χ0n) is 12.4. The smallest absolute Gasteiger partial charge is 0.407 e. The summed E-state index contributed by atoms with van der Waals surface area (Å²) in [4.78, 5) is 22.6. The number of rotatable bonds is 5. The Morgan fingerprint density at radius 2 is 1.70 bits per heavy atom. The normalized spacial score (nSPS) is 13.8. The summed E-state index contributed by atoms with van der Waals surface area (Å²) in [5, 5.41) is 2.48. The minimum atomic E-state index is -0.631. The lowest BCUT2D eigenvalue weighted by atomic mass is 9.98. The van der Waals surface area contributed by atoms with Gasteiger partial charge >= 0.3 is 6.09 Å². The molecule has 0 saturated heterocycles. The second kappa shape index (κ2) is 6.87. The number of amides is 1. The minimum absolute atomic E-state index is 0.0128. The molecule has 4 nitrogen and oxygen atoms in total. The number of nitrogens with one attached hydrogen (secondary N) is 1. The van der Waals surface area contributed by atoms with Crippen molar-refractivity contribution in [3.05, 3.63) is 59.7 Å².